The van der Waals surface area contributed by atoms with Gasteiger partial charge < -0.3 is 4.98 Å². The zero-order valence-electron chi connectivity index (χ0n) is 18.5. The molecule has 5 rings (SSSR count). The van der Waals surface area contributed by atoms with E-state index >= 15 is 0 Å². The summed E-state index contributed by atoms with van der Waals surface area (Å²) in [5.41, 5.74) is 8.52. The van der Waals surface area contributed by atoms with Crippen LogP contribution in [0.4, 0.5) is 0 Å². The minimum absolute atomic E-state index is 0. The predicted octanol–water partition coefficient (Wildman–Crippen LogP) is 6.77. The summed E-state index contributed by atoms with van der Waals surface area (Å²) in [6, 6.07) is 36.5. The van der Waals surface area contributed by atoms with Crippen molar-refractivity contribution in [3.63, 3.8) is 0 Å². The van der Waals surface area contributed by atoms with Gasteiger partial charge >= 0.3 is 0 Å². The van der Waals surface area contributed by atoms with Crippen LogP contribution in [0.5, 0.6) is 0 Å². The summed E-state index contributed by atoms with van der Waals surface area (Å²) in [6.07, 6.45) is 3.52. The zero-order valence-corrected chi connectivity index (χ0v) is 20.9. The fourth-order valence-corrected chi connectivity index (χ4v) is 3.33. The Morgan fingerprint density at radius 1 is 0.636 bits per heavy atom. The van der Waals surface area contributed by atoms with Crippen molar-refractivity contribution < 1.29 is 20.1 Å². The van der Waals surface area contributed by atoms with E-state index in [4.69, 9.17) is 0 Å². The largest absolute Gasteiger partial charge is 0.304 e. The summed E-state index contributed by atoms with van der Waals surface area (Å²) in [6.45, 7) is 4.07. The first-order valence-electron chi connectivity index (χ1n) is 10.5. The number of hydrogen-bond donors (Lipinski definition) is 0. The first-order chi connectivity index (χ1) is 15.7. The van der Waals surface area contributed by atoms with E-state index in [1.165, 1.54) is 16.7 Å². The van der Waals surface area contributed by atoms with Gasteiger partial charge in [0.1, 0.15) is 6.33 Å². The SMILES string of the molecule is Cc1cc(-c2[c-]cccc2)ncc1-c1ccccc1.Cc1cc(-c2[c-]cccc2)ncn1.[Ir]. The van der Waals surface area contributed by atoms with Gasteiger partial charge in [-0.1, -0.05) is 42.5 Å². The van der Waals surface area contributed by atoms with Crippen LogP contribution in [0, 0.1) is 26.0 Å². The summed E-state index contributed by atoms with van der Waals surface area (Å²) < 4.78 is 0. The monoisotopic (exact) mass is 606 g/mol. The van der Waals surface area contributed by atoms with Crippen molar-refractivity contribution in [1.29, 1.82) is 0 Å². The molecule has 2 heterocycles. The molecule has 165 valence electrons. The standard InChI is InChI=1S/C18H14N.C11H9N2.Ir/c1-14-12-18(16-10-6-3-7-11-16)19-13-17(14)15-8-4-2-5-9-15;1-9-7-11(13-8-12-9)10-5-3-2-4-6-10;/h2-10,12-13H,1H3;2-5,7-8H,1H3;/q2*-1;. The van der Waals surface area contributed by atoms with E-state index in [-0.39, 0.29) is 20.1 Å². The molecular weight excluding hydrogens is 583 g/mol. The third kappa shape index (κ3) is 6.52. The van der Waals surface area contributed by atoms with Gasteiger partial charge in [-0.05, 0) is 36.4 Å². The maximum absolute atomic E-state index is 4.55. The van der Waals surface area contributed by atoms with Gasteiger partial charge in [-0.2, -0.15) is 0 Å². The summed E-state index contributed by atoms with van der Waals surface area (Å²) in [5.74, 6) is 0. The molecule has 1 radical (unpaired) electrons. The molecular formula is C29H23IrN3-2. The number of rotatable bonds is 3. The van der Waals surface area contributed by atoms with Crippen LogP contribution in [-0.4, -0.2) is 15.0 Å². The molecule has 5 aromatic rings. The average Bonchev–Trinajstić information content (AvgIpc) is 2.86. The summed E-state index contributed by atoms with van der Waals surface area (Å²) in [5, 5.41) is 0. The van der Waals surface area contributed by atoms with E-state index in [1.54, 1.807) is 6.33 Å². The second-order valence-electron chi connectivity index (χ2n) is 7.35. The van der Waals surface area contributed by atoms with Gasteiger partial charge in [0.2, 0.25) is 0 Å². The quantitative estimate of drug-likeness (QED) is 0.213. The first kappa shape index (κ1) is 24.2. The molecule has 0 N–H and O–H groups in total. The van der Waals surface area contributed by atoms with E-state index in [2.05, 4.69) is 52.2 Å². The molecule has 0 bridgehead atoms. The van der Waals surface area contributed by atoms with Crippen molar-refractivity contribution in [3.05, 3.63) is 127 Å². The molecule has 0 aliphatic heterocycles. The number of nitrogens with zero attached hydrogens (tertiary/aromatic N) is 3. The average molecular weight is 606 g/mol. The third-order valence-electron chi connectivity index (χ3n) is 4.97. The van der Waals surface area contributed by atoms with E-state index < -0.39 is 0 Å². The molecule has 33 heavy (non-hydrogen) atoms. The fourth-order valence-electron chi connectivity index (χ4n) is 3.33. The minimum Gasteiger partial charge on any atom is -0.304 e. The Kier molecular flexibility index (Phi) is 8.77. The van der Waals surface area contributed by atoms with E-state index in [1.807, 2.05) is 85.9 Å². The summed E-state index contributed by atoms with van der Waals surface area (Å²) >= 11 is 0. The van der Waals surface area contributed by atoms with Crippen molar-refractivity contribution in [2.24, 2.45) is 0 Å². The third-order valence-corrected chi connectivity index (χ3v) is 4.97. The van der Waals surface area contributed by atoms with Gasteiger partial charge in [-0.25, -0.2) is 4.98 Å². The van der Waals surface area contributed by atoms with Crippen LogP contribution in [0.2, 0.25) is 0 Å². The van der Waals surface area contributed by atoms with E-state index in [0.717, 1.165) is 28.2 Å². The molecule has 0 saturated carbocycles. The Bertz CT molecular complexity index is 1270. The Balaban J connectivity index is 0.000000192. The van der Waals surface area contributed by atoms with Crippen LogP contribution in [0.3, 0.4) is 0 Å². The Morgan fingerprint density at radius 3 is 1.79 bits per heavy atom. The smallest absolute Gasteiger partial charge is 0.105 e. The van der Waals surface area contributed by atoms with E-state index in [0.29, 0.717) is 0 Å². The zero-order chi connectivity index (χ0) is 22.2. The van der Waals surface area contributed by atoms with Gasteiger partial charge in [0.15, 0.2) is 0 Å². The van der Waals surface area contributed by atoms with Crippen LogP contribution in [0.15, 0.2) is 104 Å². The normalized spacial score (nSPS) is 9.88. The van der Waals surface area contributed by atoms with Crippen LogP contribution in [0.1, 0.15) is 11.3 Å². The summed E-state index contributed by atoms with van der Waals surface area (Å²) in [7, 11) is 0. The topological polar surface area (TPSA) is 38.7 Å². The molecule has 2 aromatic heterocycles. The molecule has 0 fully saturated rings. The number of aryl methyl sites for hydroxylation is 2. The summed E-state index contributed by atoms with van der Waals surface area (Å²) in [4.78, 5) is 12.8. The predicted molar refractivity (Wildman–Crippen MR) is 130 cm³/mol. The molecule has 0 aliphatic rings. The molecule has 0 unspecified atom stereocenters. The fraction of sp³-hybridized carbons (Fsp3) is 0.0690. The Labute approximate surface area is 209 Å². The van der Waals surface area contributed by atoms with Crippen LogP contribution < -0.4 is 0 Å². The van der Waals surface area contributed by atoms with Gasteiger partial charge in [-0.15, -0.1) is 71.8 Å². The molecule has 0 atom stereocenters. The maximum Gasteiger partial charge on any atom is 0.105 e. The Morgan fingerprint density at radius 2 is 1.24 bits per heavy atom. The second kappa shape index (κ2) is 12.0. The number of pyridine rings is 1. The van der Waals surface area contributed by atoms with Crippen molar-refractivity contribution in [3.8, 4) is 33.6 Å². The molecule has 3 nitrogen and oxygen atoms in total. The first-order valence-corrected chi connectivity index (χ1v) is 10.5. The number of aromatic nitrogens is 3. The molecule has 3 aromatic carbocycles. The maximum atomic E-state index is 4.55. The van der Waals surface area contributed by atoms with Crippen LogP contribution in [0.25, 0.3) is 33.6 Å². The second-order valence-corrected chi connectivity index (χ2v) is 7.35. The van der Waals surface area contributed by atoms with Crippen LogP contribution in [-0.2, 0) is 20.1 Å². The molecule has 0 saturated heterocycles. The van der Waals surface area contributed by atoms with E-state index in [9.17, 15) is 0 Å². The van der Waals surface area contributed by atoms with Gasteiger partial charge in [-0.3, -0.25) is 4.98 Å². The van der Waals surface area contributed by atoms with Gasteiger partial charge in [0.25, 0.3) is 0 Å². The molecule has 0 amide bonds. The van der Waals surface area contributed by atoms with Gasteiger partial charge in [0, 0.05) is 37.6 Å². The molecule has 4 heteroatoms. The van der Waals surface area contributed by atoms with Crippen molar-refractivity contribution in [1.82, 2.24) is 15.0 Å². The number of hydrogen-bond acceptors (Lipinski definition) is 3. The Hall–Kier alpha value is -3.46. The van der Waals surface area contributed by atoms with Crippen molar-refractivity contribution >= 4 is 0 Å². The van der Waals surface area contributed by atoms with Crippen molar-refractivity contribution in [2.75, 3.05) is 0 Å². The van der Waals surface area contributed by atoms with Gasteiger partial charge in [0.05, 0.1) is 0 Å². The van der Waals surface area contributed by atoms with Crippen molar-refractivity contribution in [2.45, 2.75) is 13.8 Å². The minimum atomic E-state index is 0. The number of benzene rings is 3. The molecule has 0 spiro atoms. The molecule has 0 aliphatic carbocycles. The van der Waals surface area contributed by atoms with Crippen LogP contribution >= 0.6 is 0 Å².